The van der Waals surface area contributed by atoms with Crippen LogP contribution >= 0.6 is 23.2 Å². The highest BCUT2D eigenvalue weighted by molar-refractivity contribution is 6.42. The molecule has 1 aromatic heterocycles. The molecule has 1 aliphatic rings. The van der Waals surface area contributed by atoms with E-state index < -0.39 is 5.54 Å². The minimum atomic E-state index is -0.525. The van der Waals surface area contributed by atoms with Gasteiger partial charge in [-0.05, 0) is 43.4 Å². The summed E-state index contributed by atoms with van der Waals surface area (Å²) in [5.74, 6) is 1.56. The second-order valence-corrected chi connectivity index (χ2v) is 6.31. The molecule has 2 aromatic rings. The van der Waals surface area contributed by atoms with Crippen molar-refractivity contribution in [2.45, 2.75) is 31.7 Å². The molecule has 2 N–H and O–H groups in total. The van der Waals surface area contributed by atoms with Gasteiger partial charge in [-0.2, -0.15) is 4.98 Å². The Morgan fingerprint density at radius 3 is 2.75 bits per heavy atom. The van der Waals surface area contributed by atoms with E-state index in [0.717, 1.165) is 18.4 Å². The molecule has 1 aliphatic carbocycles. The fourth-order valence-electron chi connectivity index (χ4n) is 2.23. The number of benzene rings is 1. The molecule has 1 atom stereocenters. The maximum Gasteiger partial charge on any atom is 0.246 e. The fourth-order valence-corrected chi connectivity index (χ4v) is 2.56. The Bertz CT molecular complexity index is 635. The van der Waals surface area contributed by atoms with E-state index in [1.165, 1.54) is 0 Å². The maximum atomic E-state index is 6.26. The predicted octanol–water partition coefficient (Wildman–Crippen LogP) is 3.55. The first-order valence-electron chi connectivity index (χ1n) is 6.52. The molecule has 106 valence electrons. The fraction of sp³-hybridized carbons (Fsp3) is 0.429. The molecular formula is C14H15Cl2N3O. The molecule has 0 radical (unpaired) electrons. The van der Waals surface area contributed by atoms with Gasteiger partial charge in [0, 0.05) is 6.42 Å². The van der Waals surface area contributed by atoms with Gasteiger partial charge in [0.05, 0.1) is 15.6 Å². The van der Waals surface area contributed by atoms with E-state index in [9.17, 15) is 0 Å². The molecule has 0 amide bonds. The van der Waals surface area contributed by atoms with Crippen molar-refractivity contribution in [2.24, 2.45) is 11.7 Å². The van der Waals surface area contributed by atoms with Gasteiger partial charge in [-0.3, -0.25) is 0 Å². The molecule has 1 heterocycles. The van der Waals surface area contributed by atoms with Gasteiger partial charge in [0.25, 0.3) is 0 Å². The zero-order valence-corrected chi connectivity index (χ0v) is 12.6. The number of rotatable bonds is 4. The summed E-state index contributed by atoms with van der Waals surface area (Å²) in [5.41, 5.74) is 6.72. The highest BCUT2D eigenvalue weighted by atomic mass is 35.5. The average molecular weight is 312 g/mol. The van der Waals surface area contributed by atoms with Crippen LogP contribution in [0, 0.1) is 5.92 Å². The Hall–Kier alpha value is -1.10. The lowest BCUT2D eigenvalue weighted by molar-refractivity contribution is 0.272. The van der Waals surface area contributed by atoms with Crippen LogP contribution in [0.15, 0.2) is 22.7 Å². The van der Waals surface area contributed by atoms with Gasteiger partial charge in [0.2, 0.25) is 5.89 Å². The smallest absolute Gasteiger partial charge is 0.246 e. The minimum absolute atomic E-state index is 0.445. The van der Waals surface area contributed by atoms with Crippen LogP contribution in [0.5, 0.6) is 0 Å². The zero-order valence-electron chi connectivity index (χ0n) is 11.1. The van der Waals surface area contributed by atoms with E-state index in [-0.39, 0.29) is 0 Å². The quantitative estimate of drug-likeness (QED) is 0.937. The van der Waals surface area contributed by atoms with E-state index in [2.05, 4.69) is 10.1 Å². The summed E-state index contributed by atoms with van der Waals surface area (Å²) < 4.78 is 5.31. The minimum Gasteiger partial charge on any atom is -0.337 e. The molecule has 0 bridgehead atoms. The lowest BCUT2D eigenvalue weighted by Crippen LogP contribution is -2.35. The van der Waals surface area contributed by atoms with Gasteiger partial charge >= 0.3 is 0 Å². The predicted molar refractivity (Wildman–Crippen MR) is 77.8 cm³/mol. The maximum absolute atomic E-state index is 6.26. The third kappa shape index (κ3) is 2.68. The van der Waals surface area contributed by atoms with Crippen molar-refractivity contribution in [3.63, 3.8) is 0 Å². The standard InChI is InChI=1S/C14H15Cl2N3O/c1-14(17,9-3-4-9)13-18-12(19-20-13)7-8-2-5-10(15)11(16)6-8/h2,5-6,9H,3-4,7,17H2,1H3. The van der Waals surface area contributed by atoms with Crippen molar-refractivity contribution < 1.29 is 4.52 Å². The van der Waals surface area contributed by atoms with Crippen LogP contribution in [-0.4, -0.2) is 10.1 Å². The SMILES string of the molecule is CC(N)(c1nc(Cc2ccc(Cl)c(Cl)c2)no1)C1CC1. The van der Waals surface area contributed by atoms with Gasteiger partial charge in [-0.15, -0.1) is 0 Å². The van der Waals surface area contributed by atoms with Crippen LogP contribution in [0.2, 0.25) is 10.0 Å². The van der Waals surface area contributed by atoms with Crippen LogP contribution in [0.3, 0.4) is 0 Å². The summed E-state index contributed by atoms with van der Waals surface area (Å²) in [7, 11) is 0. The molecule has 1 aromatic carbocycles. The summed E-state index contributed by atoms with van der Waals surface area (Å²) in [4.78, 5) is 4.41. The van der Waals surface area contributed by atoms with Gasteiger partial charge < -0.3 is 10.3 Å². The van der Waals surface area contributed by atoms with E-state index >= 15 is 0 Å². The molecule has 0 spiro atoms. The van der Waals surface area contributed by atoms with E-state index in [1.54, 1.807) is 6.07 Å². The van der Waals surface area contributed by atoms with Gasteiger partial charge in [-0.25, -0.2) is 0 Å². The van der Waals surface area contributed by atoms with Crippen LogP contribution in [0.1, 0.15) is 37.0 Å². The highest BCUT2D eigenvalue weighted by Gasteiger charge is 2.43. The van der Waals surface area contributed by atoms with Gasteiger partial charge in [-0.1, -0.05) is 34.4 Å². The summed E-state index contributed by atoms with van der Waals surface area (Å²) in [6.07, 6.45) is 2.79. The van der Waals surface area contributed by atoms with Crippen LogP contribution < -0.4 is 5.73 Å². The van der Waals surface area contributed by atoms with Crippen molar-refractivity contribution in [1.29, 1.82) is 0 Å². The molecule has 20 heavy (non-hydrogen) atoms. The number of hydrogen-bond donors (Lipinski definition) is 1. The molecule has 0 aliphatic heterocycles. The third-order valence-electron chi connectivity index (χ3n) is 3.70. The number of nitrogens with two attached hydrogens (primary N) is 1. The van der Waals surface area contributed by atoms with Crippen molar-refractivity contribution in [2.75, 3.05) is 0 Å². The van der Waals surface area contributed by atoms with Gasteiger partial charge in [0.15, 0.2) is 5.82 Å². The normalized spacial score (nSPS) is 18.0. The average Bonchev–Trinajstić information content (AvgIpc) is 3.15. The van der Waals surface area contributed by atoms with Crippen LogP contribution in [0.4, 0.5) is 0 Å². The van der Waals surface area contributed by atoms with Crippen molar-refractivity contribution in [1.82, 2.24) is 10.1 Å². The van der Waals surface area contributed by atoms with E-state index in [0.29, 0.717) is 34.1 Å². The number of hydrogen-bond acceptors (Lipinski definition) is 4. The molecule has 0 saturated heterocycles. The highest BCUT2D eigenvalue weighted by Crippen LogP contribution is 2.43. The molecule has 3 rings (SSSR count). The second kappa shape index (κ2) is 5.02. The monoisotopic (exact) mass is 311 g/mol. The summed E-state index contributed by atoms with van der Waals surface area (Å²) >= 11 is 11.9. The van der Waals surface area contributed by atoms with Gasteiger partial charge in [0.1, 0.15) is 0 Å². The molecular weight excluding hydrogens is 297 g/mol. The van der Waals surface area contributed by atoms with Crippen molar-refractivity contribution in [3.8, 4) is 0 Å². The number of aromatic nitrogens is 2. The first kappa shape index (κ1) is 13.9. The molecule has 1 fully saturated rings. The van der Waals surface area contributed by atoms with E-state index in [4.69, 9.17) is 33.5 Å². The molecule has 4 nitrogen and oxygen atoms in total. The summed E-state index contributed by atoms with van der Waals surface area (Å²) in [6.45, 7) is 1.95. The Labute approximate surface area is 127 Å². The number of halogens is 2. The van der Waals surface area contributed by atoms with Crippen molar-refractivity contribution >= 4 is 23.2 Å². The summed E-state index contributed by atoms with van der Waals surface area (Å²) in [6, 6.07) is 5.46. The first-order chi connectivity index (χ1) is 9.46. The molecule has 1 unspecified atom stereocenters. The zero-order chi connectivity index (χ0) is 14.3. The topological polar surface area (TPSA) is 64.9 Å². The largest absolute Gasteiger partial charge is 0.337 e. The van der Waals surface area contributed by atoms with Crippen molar-refractivity contribution in [3.05, 3.63) is 45.5 Å². The van der Waals surface area contributed by atoms with Crippen LogP contribution in [0.25, 0.3) is 0 Å². The second-order valence-electron chi connectivity index (χ2n) is 5.50. The van der Waals surface area contributed by atoms with Crippen LogP contribution in [-0.2, 0) is 12.0 Å². The lowest BCUT2D eigenvalue weighted by Gasteiger charge is -2.18. The van der Waals surface area contributed by atoms with E-state index in [1.807, 2.05) is 19.1 Å². The third-order valence-corrected chi connectivity index (χ3v) is 4.44. The molecule has 1 saturated carbocycles. The summed E-state index contributed by atoms with van der Waals surface area (Å²) in [5, 5.41) is 5.06. The molecule has 6 heteroatoms. The number of nitrogens with zero attached hydrogens (tertiary/aromatic N) is 2. The Morgan fingerprint density at radius 2 is 2.10 bits per heavy atom. The Morgan fingerprint density at radius 1 is 1.35 bits per heavy atom. The lowest BCUT2D eigenvalue weighted by atomic mass is 9.97. The first-order valence-corrected chi connectivity index (χ1v) is 7.28. The Kier molecular flexibility index (Phi) is 3.48. The Balaban J connectivity index is 1.78.